The molecule has 0 aliphatic heterocycles. The Morgan fingerprint density at radius 2 is 1.90 bits per heavy atom. The average molecular weight is 403 g/mol. The van der Waals surface area contributed by atoms with E-state index in [-0.39, 0.29) is 15.1 Å². The first-order valence-corrected chi connectivity index (χ1v) is 10.7. The fourth-order valence-corrected chi connectivity index (χ4v) is 5.18. The van der Waals surface area contributed by atoms with Crippen LogP contribution in [0.3, 0.4) is 0 Å². The van der Waals surface area contributed by atoms with Crippen molar-refractivity contribution < 1.29 is 16.8 Å². The fourth-order valence-electron chi connectivity index (χ4n) is 1.72. The Morgan fingerprint density at radius 1 is 1.25 bits per heavy atom. The number of sulfonamides is 1. The third-order valence-electron chi connectivity index (χ3n) is 2.96. The van der Waals surface area contributed by atoms with Crippen molar-refractivity contribution in [3.05, 3.63) is 22.7 Å². The molecular weight excluding hydrogens is 390 g/mol. The highest BCUT2D eigenvalue weighted by molar-refractivity contribution is 9.10. The summed E-state index contributed by atoms with van der Waals surface area (Å²) in [7, 11) is -2.02. The molecule has 0 amide bonds. The van der Waals surface area contributed by atoms with Crippen LogP contribution in [0.1, 0.15) is 19.3 Å². The van der Waals surface area contributed by atoms with E-state index < -0.39 is 19.1 Å². The van der Waals surface area contributed by atoms with E-state index in [9.17, 15) is 16.8 Å². The van der Waals surface area contributed by atoms with Crippen molar-refractivity contribution in [2.24, 2.45) is 5.92 Å². The summed E-state index contributed by atoms with van der Waals surface area (Å²) in [5.41, 5.74) is 0.303. The highest BCUT2D eigenvalue weighted by atomic mass is 79.9. The van der Waals surface area contributed by atoms with Crippen LogP contribution in [0.25, 0.3) is 0 Å². The van der Waals surface area contributed by atoms with E-state index in [4.69, 9.17) is 10.7 Å². The lowest BCUT2D eigenvalue weighted by Crippen LogP contribution is -2.17. The van der Waals surface area contributed by atoms with Gasteiger partial charge < -0.3 is 0 Å². The second-order valence-electron chi connectivity index (χ2n) is 4.74. The number of anilines is 1. The first-order chi connectivity index (χ1) is 9.17. The van der Waals surface area contributed by atoms with Crippen LogP contribution in [0.15, 0.2) is 27.6 Å². The molecule has 1 aromatic carbocycles. The minimum atomic E-state index is -3.86. The summed E-state index contributed by atoms with van der Waals surface area (Å²) in [6.45, 7) is 0. The first-order valence-electron chi connectivity index (χ1n) is 5.92. The molecule has 1 aliphatic rings. The Balaban J connectivity index is 2.11. The van der Waals surface area contributed by atoms with Crippen LogP contribution in [0.2, 0.25) is 0 Å². The topological polar surface area (TPSA) is 80.3 Å². The standard InChI is InChI=1S/C11H13BrClNO4S2/c12-10-7-9(3-4-11(10)20(13,17)18)14-19(15,16)6-5-8-1-2-8/h3-4,7-8,14H,1-2,5-6H2. The van der Waals surface area contributed by atoms with Crippen LogP contribution >= 0.6 is 26.6 Å². The van der Waals surface area contributed by atoms with Crippen LogP contribution in [-0.2, 0) is 19.1 Å². The van der Waals surface area contributed by atoms with Crippen molar-refractivity contribution in [3.63, 3.8) is 0 Å². The maximum absolute atomic E-state index is 11.9. The number of hydrogen-bond donors (Lipinski definition) is 1. The average Bonchev–Trinajstić information content (AvgIpc) is 3.07. The Hall–Kier alpha value is -0.310. The van der Waals surface area contributed by atoms with Crippen molar-refractivity contribution in [3.8, 4) is 0 Å². The van der Waals surface area contributed by atoms with Crippen LogP contribution in [-0.4, -0.2) is 22.6 Å². The van der Waals surface area contributed by atoms with Crippen molar-refractivity contribution in [2.75, 3.05) is 10.5 Å². The molecular formula is C11H13BrClNO4S2. The predicted molar refractivity (Wildman–Crippen MR) is 81.9 cm³/mol. The summed E-state index contributed by atoms with van der Waals surface area (Å²) in [5.74, 6) is 0.604. The molecule has 2 rings (SSSR count). The largest absolute Gasteiger partial charge is 0.284 e. The zero-order valence-corrected chi connectivity index (χ0v) is 14.3. The summed E-state index contributed by atoms with van der Waals surface area (Å²) >= 11 is 3.06. The molecule has 1 aromatic rings. The molecule has 0 radical (unpaired) electrons. The second-order valence-corrected chi connectivity index (χ2v) is 9.97. The van der Waals surface area contributed by atoms with Gasteiger partial charge in [0.1, 0.15) is 0 Å². The van der Waals surface area contributed by atoms with Gasteiger partial charge in [-0.15, -0.1) is 0 Å². The van der Waals surface area contributed by atoms with Crippen LogP contribution in [0.4, 0.5) is 5.69 Å². The van der Waals surface area contributed by atoms with E-state index >= 15 is 0 Å². The van der Waals surface area contributed by atoms with E-state index in [1.54, 1.807) is 0 Å². The van der Waals surface area contributed by atoms with E-state index in [0.29, 0.717) is 18.0 Å². The van der Waals surface area contributed by atoms with Gasteiger partial charge in [-0.3, -0.25) is 4.72 Å². The molecule has 0 saturated heterocycles. The van der Waals surface area contributed by atoms with Gasteiger partial charge in [-0.25, -0.2) is 16.8 Å². The van der Waals surface area contributed by atoms with Crippen molar-refractivity contribution in [1.29, 1.82) is 0 Å². The summed E-state index contributed by atoms with van der Waals surface area (Å²) in [5, 5.41) is 0. The van der Waals surface area contributed by atoms with Crippen molar-refractivity contribution >= 4 is 51.4 Å². The Kier molecular flexibility index (Phi) is 4.68. The quantitative estimate of drug-likeness (QED) is 0.742. The first kappa shape index (κ1) is 16.1. The van der Waals surface area contributed by atoms with Gasteiger partial charge in [-0.05, 0) is 46.5 Å². The van der Waals surface area contributed by atoms with Gasteiger partial charge in [-0.1, -0.05) is 12.8 Å². The van der Waals surface area contributed by atoms with Crippen molar-refractivity contribution in [1.82, 2.24) is 0 Å². The predicted octanol–water partition coefficient (Wildman–Crippen LogP) is 2.92. The van der Waals surface area contributed by atoms with Gasteiger partial charge in [0.2, 0.25) is 10.0 Å². The lowest BCUT2D eigenvalue weighted by atomic mass is 10.3. The smallest absolute Gasteiger partial charge is 0.262 e. The third-order valence-corrected chi connectivity index (χ3v) is 6.58. The van der Waals surface area contributed by atoms with E-state index in [1.807, 2.05) is 0 Å². The Morgan fingerprint density at radius 3 is 2.40 bits per heavy atom. The number of benzene rings is 1. The van der Waals surface area contributed by atoms with Gasteiger partial charge in [0.15, 0.2) is 0 Å². The van der Waals surface area contributed by atoms with E-state index in [1.165, 1.54) is 18.2 Å². The minimum absolute atomic E-state index is 0.0742. The summed E-state index contributed by atoms with van der Waals surface area (Å²) < 4.78 is 48.8. The van der Waals surface area contributed by atoms with Gasteiger partial charge in [0, 0.05) is 20.8 Å². The summed E-state index contributed by atoms with van der Waals surface area (Å²) in [6, 6.07) is 4.00. The lowest BCUT2D eigenvalue weighted by Gasteiger charge is -2.09. The Labute approximate surface area is 131 Å². The molecule has 5 nitrogen and oxygen atoms in total. The fraction of sp³-hybridized carbons (Fsp3) is 0.455. The molecule has 0 bridgehead atoms. The molecule has 9 heteroatoms. The van der Waals surface area contributed by atoms with Crippen LogP contribution in [0, 0.1) is 5.92 Å². The zero-order chi connectivity index (χ0) is 15.0. The summed E-state index contributed by atoms with van der Waals surface area (Å²) in [4.78, 5) is -0.0971. The van der Waals surface area contributed by atoms with E-state index in [0.717, 1.165) is 12.8 Å². The second kappa shape index (κ2) is 5.82. The number of rotatable bonds is 6. The number of halogens is 2. The van der Waals surface area contributed by atoms with Crippen molar-refractivity contribution in [2.45, 2.75) is 24.2 Å². The highest BCUT2D eigenvalue weighted by Crippen LogP contribution is 2.33. The number of hydrogen-bond acceptors (Lipinski definition) is 4. The molecule has 0 heterocycles. The summed E-state index contributed by atoms with van der Waals surface area (Å²) in [6.07, 6.45) is 2.86. The van der Waals surface area contributed by atoms with Crippen LogP contribution in [0.5, 0.6) is 0 Å². The minimum Gasteiger partial charge on any atom is -0.284 e. The van der Waals surface area contributed by atoms with Crippen LogP contribution < -0.4 is 4.72 Å². The monoisotopic (exact) mass is 401 g/mol. The molecule has 0 spiro atoms. The molecule has 0 unspecified atom stereocenters. The molecule has 0 aromatic heterocycles. The molecule has 20 heavy (non-hydrogen) atoms. The molecule has 1 saturated carbocycles. The van der Waals surface area contributed by atoms with Gasteiger partial charge in [-0.2, -0.15) is 0 Å². The highest BCUT2D eigenvalue weighted by Gasteiger charge is 2.24. The number of nitrogens with one attached hydrogen (secondary N) is 1. The van der Waals surface area contributed by atoms with E-state index in [2.05, 4.69) is 20.7 Å². The van der Waals surface area contributed by atoms with Gasteiger partial charge in [0.05, 0.1) is 10.6 Å². The van der Waals surface area contributed by atoms with Gasteiger partial charge >= 0.3 is 0 Å². The molecule has 1 N–H and O–H groups in total. The molecule has 112 valence electrons. The third kappa shape index (κ3) is 4.61. The van der Waals surface area contributed by atoms with Gasteiger partial charge in [0.25, 0.3) is 9.05 Å². The maximum Gasteiger partial charge on any atom is 0.262 e. The molecule has 1 fully saturated rings. The zero-order valence-electron chi connectivity index (χ0n) is 10.3. The SMILES string of the molecule is O=S(=O)(CCC1CC1)Nc1ccc(S(=O)(=O)Cl)c(Br)c1. The lowest BCUT2D eigenvalue weighted by molar-refractivity contribution is 0.595. The molecule has 0 atom stereocenters. The molecule has 1 aliphatic carbocycles. The normalized spacial score (nSPS) is 16.1. The Bertz CT molecular complexity index is 714. The maximum atomic E-state index is 11.9.